The number of halogens is 1. The lowest BCUT2D eigenvalue weighted by molar-refractivity contribution is -0.385. The molecule has 0 spiro atoms. The van der Waals surface area contributed by atoms with Crippen molar-refractivity contribution in [2.24, 2.45) is 0 Å². The van der Waals surface area contributed by atoms with Crippen LogP contribution >= 0.6 is 15.9 Å². The number of non-ortho nitro benzene ring substituents is 2. The van der Waals surface area contributed by atoms with E-state index >= 15 is 0 Å². The quantitative estimate of drug-likeness (QED) is 0.181. The van der Waals surface area contributed by atoms with Crippen molar-refractivity contribution >= 4 is 50.5 Å². The summed E-state index contributed by atoms with van der Waals surface area (Å²) in [7, 11) is 0. The Balaban J connectivity index is 1.75. The number of rotatable bonds is 6. The van der Waals surface area contributed by atoms with Crippen LogP contribution in [0.2, 0.25) is 0 Å². The van der Waals surface area contributed by atoms with E-state index in [1.165, 1.54) is 24.3 Å². The van der Waals surface area contributed by atoms with Crippen LogP contribution in [-0.4, -0.2) is 14.8 Å². The Morgan fingerprint density at radius 2 is 1.64 bits per heavy atom. The lowest BCUT2D eigenvalue weighted by Crippen LogP contribution is -2.11. The first kappa shape index (κ1) is 25.8. The van der Waals surface area contributed by atoms with Crippen LogP contribution in [0.15, 0.2) is 77.3 Å². The summed E-state index contributed by atoms with van der Waals surface area (Å²) in [5.74, 6) is 0.326. The van der Waals surface area contributed by atoms with Gasteiger partial charge in [0.05, 0.1) is 15.5 Å². The van der Waals surface area contributed by atoms with Crippen LogP contribution in [-0.2, 0) is 6.42 Å². The van der Waals surface area contributed by atoms with Crippen molar-refractivity contribution in [2.45, 2.75) is 19.3 Å². The number of nitro groups is 2. The molecule has 1 heterocycles. The molecule has 0 aliphatic heterocycles. The zero-order valence-electron chi connectivity index (χ0n) is 20.4. The largest absolute Gasteiger partial charge is 0.339 e. The Morgan fingerprint density at radius 1 is 0.949 bits per heavy atom. The number of nitro benzene ring substituents is 2. The van der Waals surface area contributed by atoms with Crippen molar-refractivity contribution in [1.29, 1.82) is 5.26 Å². The summed E-state index contributed by atoms with van der Waals surface area (Å²) in [6.45, 7) is 0. The third kappa shape index (κ3) is 5.39. The summed E-state index contributed by atoms with van der Waals surface area (Å²) in [5, 5.41) is 36.4. The molecular weight excluding hydrogens is 562 g/mol. The molecule has 0 amide bonds. The summed E-state index contributed by atoms with van der Waals surface area (Å²) in [6.07, 6.45) is 3.95. The number of anilines is 2. The molecule has 3 aromatic carbocycles. The molecule has 0 saturated heterocycles. The first-order valence-electron chi connectivity index (χ1n) is 12.0. The Kier molecular flexibility index (Phi) is 7.17. The molecular formula is C29H20BrN5O4. The van der Waals surface area contributed by atoms with Crippen LogP contribution in [0.3, 0.4) is 0 Å². The van der Waals surface area contributed by atoms with Crippen molar-refractivity contribution in [1.82, 2.24) is 4.98 Å². The molecule has 0 fully saturated rings. The van der Waals surface area contributed by atoms with E-state index in [4.69, 9.17) is 4.98 Å². The predicted octanol–water partition coefficient (Wildman–Crippen LogP) is 7.82. The minimum Gasteiger partial charge on any atom is -0.339 e. The molecule has 192 valence electrons. The van der Waals surface area contributed by atoms with Crippen molar-refractivity contribution < 1.29 is 9.85 Å². The highest BCUT2D eigenvalue weighted by molar-refractivity contribution is 9.10. The molecule has 1 aromatic heterocycles. The summed E-state index contributed by atoms with van der Waals surface area (Å²) in [6, 6.07) is 22.3. The molecule has 1 aliphatic carbocycles. The highest BCUT2D eigenvalue weighted by Crippen LogP contribution is 2.42. The lowest BCUT2D eigenvalue weighted by Gasteiger charge is -2.24. The molecule has 0 bridgehead atoms. The van der Waals surface area contributed by atoms with Crippen LogP contribution in [0, 0.1) is 31.6 Å². The second-order valence-electron chi connectivity index (χ2n) is 8.96. The smallest absolute Gasteiger partial charge is 0.270 e. The van der Waals surface area contributed by atoms with Gasteiger partial charge < -0.3 is 5.32 Å². The average molecular weight is 582 g/mol. The van der Waals surface area contributed by atoms with E-state index in [1.807, 2.05) is 30.3 Å². The van der Waals surface area contributed by atoms with Gasteiger partial charge in [-0.15, -0.1) is 0 Å². The molecule has 4 aromatic rings. The van der Waals surface area contributed by atoms with Crippen molar-refractivity contribution in [3.63, 3.8) is 0 Å². The molecule has 5 rings (SSSR count). The number of nitriles is 1. The highest BCUT2D eigenvalue weighted by atomic mass is 79.9. The summed E-state index contributed by atoms with van der Waals surface area (Å²) >= 11 is 3.42. The molecule has 1 aliphatic rings. The van der Waals surface area contributed by atoms with Crippen molar-refractivity contribution in [3.05, 3.63) is 120 Å². The zero-order valence-corrected chi connectivity index (χ0v) is 22.0. The van der Waals surface area contributed by atoms with Gasteiger partial charge in [0, 0.05) is 40.0 Å². The number of pyridine rings is 1. The summed E-state index contributed by atoms with van der Waals surface area (Å²) in [5.41, 5.74) is 5.07. The van der Waals surface area contributed by atoms with E-state index in [2.05, 4.69) is 27.3 Å². The number of hydrogen-bond acceptors (Lipinski definition) is 7. The van der Waals surface area contributed by atoms with Crippen LogP contribution in [0.5, 0.6) is 0 Å². The molecule has 0 saturated carbocycles. The van der Waals surface area contributed by atoms with Gasteiger partial charge in [0.25, 0.3) is 11.4 Å². The first-order valence-corrected chi connectivity index (χ1v) is 12.8. The van der Waals surface area contributed by atoms with Crippen LogP contribution in [0.1, 0.15) is 35.2 Å². The number of nitrogens with zero attached hydrogens (tertiary/aromatic N) is 4. The fourth-order valence-electron chi connectivity index (χ4n) is 4.74. The van der Waals surface area contributed by atoms with Crippen LogP contribution in [0.4, 0.5) is 22.9 Å². The van der Waals surface area contributed by atoms with Crippen LogP contribution < -0.4 is 5.32 Å². The minimum atomic E-state index is -0.460. The Bertz CT molecular complexity index is 1690. The fraction of sp³-hybridized carbons (Fsp3) is 0.103. The Morgan fingerprint density at radius 3 is 2.33 bits per heavy atom. The van der Waals surface area contributed by atoms with Crippen molar-refractivity contribution in [2.75, 3.05) is 5.32 Å². The van der Waals surface area contributed by atoms with Gasteiger partial charge in [-0.2, -0.15) is 5.26 Å². The number of allylic oxidation sites excluding steroid dienone is 1. The maximum absolute atomic E-state index is 11.5. The molecule has 0 radical (unpaired) electrons. The van der Waals surface area contributed by atoms with Gasteiger partial charge in [-0.25, -0.2) is 4.98 Å². The average Bonchev–Trinajstić information content (AvgIpc) is 2.94. The second kappa shape index (κ2) is 10.8. The number of nitrogens with one attached hydrogen (secondary N) is 1. The summed E-state index contributed by atoms with van der Waals surface area (Å²) < 4.78 is 0.895. The van der Waals surface area contributed by atoms with E-state index in [1.54, 1.807) is 24.3 Å². The number of benzene rings is 3. The fourth-order valence-corrected chi connectivity index (χ4v) is 5.00. The minimum absolute atomic E-state index is 0.0111. The van der Waals surface area contributed by atoms with Gasteiger partial charge in [0.15, 0.2) is 0 Å². The van der Waals surface area contributed by atoms with E-state index in [9.17, 15) is 25.5 Å². The van der Waals surface area contributed by atoms with E-state index < -0.39 is 9.85 Å². The monoisotopic (exact) mass is 581 g/mol. The van der Waals surface area contributed by atoms with Gasteiger partial charge in [-0.1, -0.05) is 40.2 Å². The maximum Gasteiger partial charge on any atom is 0.270 e. The standard InChI is InChI=1S/C29H20BrN5O4/c30-21-10-12-22(13-11-21)32-29-26(17-31)27(19-5-2-8-24(16-19)35(38)39)25-9-3-6-20(28(25)33-29)14-18-4-1-7-23(15-18)34(36)37/h1-2,4-5,7-8,10-16H,3,6,9H2,(H,32,33)/b20-14-. The predicted molar refractivity (Wildman–Crippen MR) is 152 cm³/mol. The highest BCUT2D eigenvalue weighted by Gasteiger charge is 2.26. The van der Waals surface area contributed by atoms with E-state index in [0.717, 1.165) is 22.0 Å². The van der Waals surface area contributed by atoms with Gasteiger partial charge in [0.2, 0.25) is 0 Å². The Labute approximate surface area is 231 Å². The third-order valence-corrected chi connectivity index (χ3v) is 6.99. The topological polar surface area (TPSA) is 135 Å². The molecule has 9 nitrogen and oxygen atoms in total. The van der Waals surface area contributed by atoms with Gasteiger partial charge >= 0.3 is 0 Å². The van der Waals surface area contributed by atoms with Gasteiger partial charge in [-0.05, 0) is 71.9 Å². The number of hydrogen-bond donors (Lipinski definition) is 1. The lowest BCUT2D eigenvalue weighted by atomic mass is 9.83. The normalized spacial score (nSPS) is 13.4. The SMILES string of the molecule is N#Cc1c(Nc2ccc(Br)cc2)nc2c(c1-c1cccc([N+](=O)[O-])c1)CCC/C2=C/c1cccc([N+](=O)[O-])c1. The molecule has 1 N–H and O–H groups in total. The number of aromatic nitrogens is 1. The Hall–Kier alpha value is -4.88. The van der Waals surface area contributed by atoms with Crippen LogP contribution in [0.25, 0.3) is 22.8 Å². The second-order valence-corrected chi connectivity index (χ2v) is 9.88. The van der Waals surface area contributed by atoms with E-state index in [0.29, 0.717) is 46.7 Å². The zero-order chi connectivity index (χ0) is 27.5. The molecule has 39 heavy (non-hydrogen) atoms. The maximum atomic E-state index is 11.5. The van der Waals surface area contributed by atoms with Crippen molar-refractivity contribution in [3.8, 4) is 17.2 Å². The molecule has 0 atom stereocenters. The molecule has 10 heteroatoms. The summed E-state index contributed by atoms with van der Waals surface area (Å²) in [4.78, 5) is 26.9. The first-order chi connectivity index (χ1) is 18.8. The van der Waals surface area contributed by atoms with E-state index in [-0.39, 0.29) is 16.9 Å². The number of fused-ring (bicyclic) bond motifs is 1. The van der Waals surface area contributed by atoms with Gasteiger partial charge in [0.1, 0.15) is 17.5 Å². The van der Waals surface area contributed by atoms with Gasteiger partial charge in [-0.3, -0.25) is 20.2 Å². The molecule has 0 unspecified atom stereocenters. The third-order valence-electron chi connectivity index (χ3n) is 6.46.